The van der Waals surface area contributed by atoms with Gasteiger partial charge >= 0.3 is 0 Å². The molecule has 2 nitrogen and oxygen atoms in total. The molecule has 2 rings (SSSR count). The quantitative estimate of drug-likeness (QED) is 0.840. The molecule has 1 aliphatic rings. The van der Waals surface area contributed by atoms with E-state index in [-0.39, 0.29) is 0 Å². The highest BCUT2D eigenvalue weighted by Crippen LogP contribution is 2.27. The first-order chi connectivity index (χ1) is 7.85. The van der Waals surface area contributed by atoms with Gasteiger partial charge in [-0.2, -0.15) is 0 Å². The van der Waals surface area contributed by atoms with Crippen molar-refractivity contribution in [2.24, 2.45) is 0 Å². The molecule has 1 saturated heterocycles. The third-order valence-electron chi connectivity index (χ3n) is 3.37. The first kappa shape index (κ1) is 11.6. The van der Waals surface area contributed by atoms with E-state index in [0.29, 0.717) is 12.1 Å². The number of nitrogens with one attached hydrogen (secondary N) is 1. The van der Waals surface area contributed by atoms with Crippen LogP contribution in [0.2, 0.25) is 0 Å². The van der Waals surface area contributed by atoms with Gasteiger partial charge < -0.3 is 10.1 Å². The second-order valence-electron chi connectivity index (χ2n) is 4.42. The van der Waals surface area contributed by atoms with Crippen LogP contribution in [-0.2, 0) is 11.2 Å². The van der Waals surface area contributed by atoms with Crippen LogP contribution in [0, 0.1) is 0 Å². The largest absolute Gasteiger partial charge is 0.376 e. The van der Waals surface area contributed by atoms with Gasteiger partial charge in [-0.3, -0.25) is 0 Å². The molecule has 2 atom stereocenters. The number of hydrogen-bond acceptors (Lipinski definition) is 2. The van der Waals surface area contributed by atoms with Crippen LogP contribution >= 0.6 is 0 Å². The lowest BCUT2D eigenvalue weighted by Crippen LogP contribution is -2.28. The van der Waals surface area contributed by atoms with Crippen molar-refractivity contribution in [3.05, 3.63) is 35.4 Å². The van der Waals surface area contributed by atoms with E-state index in [1.54, 1.807) is 0 Å². The molecule has 1 aromatic rings. The maximum atomic E-state index is 5.77. The highest BCUT2D eigenvalue weighted by Gasteiger charge is 2.25. The molecule has 1 aromatic carbocycles. The smallest absolute Gasteiger partial charge is 0.0770 e. The van der Waals surface area contributed by atoms with Crippen molar-refractivity contribution in [2.75, 3.05) is 13.7 Å². The monoisotopic (exact) mass is 219 g/mol. The van der Waals surface area contributed by atoms with Crippen LogP contribution in [0.1, 0.15) is 36.9 Å². The number of likely N-dealkylation sites (N-methyl/N-ethyl adjacent to an activating group) is 1. The van der Waals surface area contributed by atoms with Gasteiger partial charge in [-0.05, 0) is 37.4 Å². The third kappa shape index (κ3) is 2.45. The number of benzene rings is 1. The maximum Gasteiger partial charge on any atom is 0.0770 e. The summed E-state index contributed by atoms with van der Waals surface area (Å²) in [6.07, 6.45) is 3.80. The van der Waals surface area contributed by atoms with E-state index in [4.69, 9.17) is 4.74 Å². The molecule has 0 aromatic heterocycles. The standard InChI is InChI=1S/C14H21NO/c1-3-11-6-4-7-12(10-11)14(15-2)13-8-5-9-16-13/h4,6-7,10,13-15H,3,5,8-9H2,1-2H3. The van der Waals surface area contributed by atoms with Crippen molar-refractivity contribution in [1.82, 2.24) is 5.32 Å². The van der Waals surface area contributed by atoms with Crippen molar-refractivity contribution >= 4 is 0 Å². The average molecular weight is 219 g/mol. The lowest BCUT2D eigenvalue weighted by molar-refractivity contribution is 0.0807. The Labute approximate surface area is 98.0 Å². The molecule has 2 heteroatoms. The van der Waals surface area contributed by atoms with Gasteiger partial charge in [0.1, 0.15) is 0 Å². The van der Waals surface area contributed by atoms with Crippen molar-refractivity contribution in [2.45, 2.75) is 38.3 Å². The molecule has 16 heavy (non-hydrogen) atoms. The zero-order chi connectivity index (χ0) is 11.4. The molecular weight excluding hydrogens is 198 g/mol. The number of aryl methyl sites for hydroxylation is 1. The molecule has 1 aliphatic heterocycles. The maximum absolute atomic E-state index is 5.77. The molecule has 0 spiro atoms. The molecule has 0 radical (unpaired) electrons. The summed E-state index contributed by atoms with van der Waals surface area (Å²) < 4.78 is 5.77. The van der Waals surface area contributed by atoms with Crippen molar-refractivity contribution in [3.8, 4) is 0 Å². The van der Waals surface area contributed by atoms with Crippen molar-refractivity contribution in [1.29, 1.82) is 0 Å². The van der Waals surface area contributed by atoms with Gasteiger partial charge in [0.2, 0.25) is 0 Å². The molecule has 0 amide bonds. The Balaban J connectivity index is 2.18. The average Bonchev–Trinajstić information content (AvgIpc) is 2.84. The summed E-state index contributed by atoms with van der Waals surface area (Å²) in [5.41, 5.74) is 2.75. The molecule has 1 fully saturated rings. The van der Waals surface area contributed by atoms with Gasteiger partial charge in [0.05, 0.1) is 12.1 Å². The van der Waals surface area contributed by atoms with Gasteiger partial charge in [0, 0.05) is 6.61 Å². The Morgan fingerprint density at radius 1 is 1.50 bits per heavy atom. The zero-order valence-electron chi connectivity index (χ0n) is 10.2. The van der Waals surface area contributed by atoms with Gasteiger partial charge in [0.15, 0.2) is 0 Å². The first-order valence-electron chi connectivity index (χ1n) is 6.23. The van der Waals surface area contributed by atoms with E-state index in [2.05, 4.69) is 36.5 Å². The summed E-state index contributed by atoms with van der Waals surface area (Å²) in [5.74, 6) is 0. The molecule has 0 saturated carbocycles. The molecular formula is C14H21NO. The SMILES string of the molecule is CCc1cccc(C(NC)C2CCCO2)c1. The molecule has 0 aliphatic carbocycles. The highest BCUT2D eigenvalue weighted by molar-refractivity contribution is 5.27. The van der Waals surface area contributed by atoms with Gasteiger partial charge in [-0.1, -0.05) is 31.2 Å². The molecule has 1 heterocycles. The van der Waals surface area contributed by atoms with Crippen molar-refractivity contribution < 1.29 is 4.74 Å². The summed E-state index contributed by atoms with van der Waals surface area (Å²) in [6.45, 7) is 3.11. The molecule has 88 valence electrons. The minimum absolute atomic E-state index is 0.342. The van der Waals surface area contributed by atoms with Crippen LogP contribution in [0.5, 0.6) is 0 Å². The van der Waals surface area contributed by atoms with Crippen LogP contribution in [0.25, 0.3) is 0 Å². The molecule has 1 N–H and O–H groups in total. The number of ether oxygens (including phenoxy) is 1. The van der Waals surface area contributed by atoms with Crippen LogP contribution in [0.3, 0.4) is 0 Å². The van der Waals surface area contributed by atoms with Crippen LogP contribution in [0.15, 0.2) is 24.3 Å². The zero-order valence-corrected chi connectivity index (χ0v) is 10.2. The normalized spacial score (nSPS) is 22.2. The van der Waals surface area contributed by atoms with E-state index >= 15 is 0 Å². The van der Waals surface area contributed by atoms with Crippen LogP contribution in [-0.4, -0.2) is 19.8 Å². The van der Waals surface area contributed by atoms with Gasteiger partial charge in [-0.25, -0.2) is 0 Å². The lowest BCUT2D eigenvalue weighted by Gasteiger charge is -2.23. The molecule has 2 unspecified atom stereocenters. The topological polar surface area (TPSA) is 21.3 Å². The minimum atomic E-state index is 0.342. The van der Waals surface area contributed by atoms with Gasteiger partial charge in [-0.15, -0.1) is 0 Å². The fraction of sp³-hybridized carbons (Fsp3) is 0.571. The highest BCUT2D eigenvalue weighted by atomic mass is 16.5. The summed E-state index contributed by atoms with van der Waals surface area (Å²) in [4.78, 5) is 0. The van der Waals surface area contributed by atoms with Crippen molar-refractivity contribution in [3.63, 3.8) is 0 Å². The van der Waals surface area contributed by atoms with Gasteiger partial charge in [0.25, 0.3) is 0 Å². The fourth-order valence-electron chi connectivity index (χ4n) is 2.44. The summed E-state index contributed by atoms with van der Waals surface area (Å²) in [5, 5.41) is 3.39. The summed E-state index contributed by atoms with van der Waals surface area (Å²) in [6, 6.07) is 9.17. The fourth-order valence-corrected chi connectivity index (χ4v) is 2.44. The summed E-state index contributed by atoms with van der Waals surface area (Å²) in [7, 11) is 2.02. The first-order valence-corrected chi connectivity index (χ1v) is 6.23. The molecule has 0 bridgehead atoms. The Bertz CT molecular complexity index is 331. The predicted molar refractivity (Wildman–Crippen MR) is 66.6 cm³/mol. The summed E-state index contributed by atoms with van der Waals surface area (Å²) >= 11 is 0. The minimum Gasteiger partial charge on any atom is -0.376 e. The van der Waals surface area contributed by atoms with E-state index in [1.807, 2.05) is 7.05 Å². The number of hydrogen-bond donors (Lipinski definition) is 1. The Kier molecular flexibility index (Phi) is 3.97. The van der Waals surface area contributed by atoms with Crippen LogP contribution in [0.4, 0.5) is 0 Å². The second kappa shape index (κ2) is 5.46. The second-order valence-corrected chi connectivity index (χ2v) is 4.42. The predicted octanol–water partition coefficient (Wildman–Crippen LogP) is 2.69. The van der Waals surface area contributed by atoms with E-state index in [1.165, 1.54) is 24.0 Å². The lowest BCUT2D eigenvalue weighted by atomic mass is 9.97. The Hall–Kier alpha value is -0.860. The number of rotatable bonds is 4. The van der Waals surface area contributed by atoms with Crippen LogP contribution < -0.4 is 5.32 Å². The third-order valence-corrected chi connectivity index (χ3v) is 3.37. The Morgan fingerprint density at radius 2 is 2.38 bits per heavy atom. The van der Waals surface area contributed by atoms with E-state index < -0.39 is 0 Å². The van der Waals surface area contributed by atoms with E-state index in [9.17, 15) is 0 Å². The van der Waals surface area contributed by atoms with E-state index in [0.717, 1.165) is 13.0 Å². The Morgan fingerprint density at radius 3 is 3.00 bits per heavy atom.